The van der Waals surface area contributed by atoms with Crippen molar-refractivity contribution in [3.05, 3.63) is 29.8 Å². The second-order valence-electron chi connectivity index (χ2n) is 4.95. The molecule has 0 heterocycles. The first-order chi connectivity index (χ1) is 8.70. The van der Waals surface area contributed by atoms with Gasteiger partial charge in [-0.15, -0.1) is 0 Å². The van der Waals surface area contributed by atoms with Gasteiger partial charge in [-0.25, -0.2) is 0 Å². The summed E-state index contributed by atoms with van der Waals surface area (Å²) in [6.45, 7) is 1.38. The molecule has 18 heavy (non-hydrogen) atoms. The summed E-state index contributed by atoms with van der Waals surface area (Å²) in [4.78, 5) is 11.9. The molecule has 1 aliphatic rings. The lowest BCUT2D eigenvalue weighted by Gasteiger charge is -2.18. The summed E-state index contributed by atoms with van der Waals surface area (Å²) in [5.41, 5.74) is 6.21. The van der Waals surface area contributed by atoms with E-state index in [1.165, 1.54) is 18.9 Å². The monoisotopic (exact) mass is 248 g/mol. The topological polar surface area (TPSA) is 75.3 Å². The van der Waals surface area contributed by atoms with Gasteiger partial charge >= 0.3 is 0 Å². The molecule has 0 bridgehead atoms. The molecular weight excluding hydrogens is 228 g/mol. The van der Waals surface area contributed by atoms with Crippen molar-refractivity contribution in [2.45, 2.75) is 19.3 Å². The summed E-state index contributed by atoms with van der Waals surface area (Å²) in [5, 5.41) is 12.3. The summed E-state index contributed by atoms with van der Waals surface area (Å²) >= 11 is 0. The Morgan fingerprint density at radius 1 is 1.39 bits per heavy atom. The van der Waals surface area contributed by atoms with E-state index in [2.05, 4.69) is 5.32 Å². The first kappa shape index (κ1) is 12.9. The quantitative estimate of drug-likeness (QED) is 0.755. The Morgan fingerprint density at radius 3 is 2.89 bits per heavy atom. The van der Waals surface area contributed by atoms with Gasteiger partial charge in [-0.05, 0) is 49.4 Å². The summed E-state index contributed by atoms with van der Waals surface area (Å²) in [5.74, 6) is 1.02. The number of phenols is 1. The van der Waals surface area contributed by atoms with E-state index in [1.54, 1.807) is 18.2 Å². The van der Waals surface area contributed by atoms with E-state index < -0.39 is 0 Å². The number of phenolic OH excluding ortho intramolecular Hbond substituents is 1. The third-order valence-electron chi connectivity index (χ3n) is 3.75. The minimum Gasteiger partial charge on any atom is -0.508 e. The van der Waals surface area contributed by atoms with Gasteiger partial charge in [-0.1, -0.05) is 12.5 Å². The minimum absolute atomic E-state index is 0.114. The lowest BCUT2D eigenvalue weighted by atomic mass is 9.96. The highest BCUT2D eigenvalue weighted by Crippen LogP contribution is 2.30. The Bertz CT molecular complexity index is 420. The molecule has 0 radical (unpaired) electrons. The normalized spacial score (nSPS) is 22.9. The number of hydrogen-bond donors (Lipinski definition) is 3. The molecule has 1 aliphatic carbocycles. The van der Waals surface area contributed by atoms with Crippen LogP contribution in [0.15, 0.2) is 24.3 Å². The van der Waals surface area contributed by atoms with Crippen molar-refractivity contribution in [2.75, 3.05) is 13.1 Å². The first-order valence-electron chi connectivity index (χ1n) is 6.48. The van der Waals surface area contributed by atoms with Crippen molar-refractivity contribution in [2.24, 2.45) is 17.6 Å². The number of hydrogen-bond acceptors (Lipinski definition) is 3. The molecule has 4 nitrogen and oxygen atoms in total. The third-order valence-corrected chi connectivity index (χ3v) is 3.75. The van der Waals surface area contributed by atoms with Crippen molar-refractivity contribution in [1.29, 1.82) is 0 Å². The van der Waals surface area contributed by atoms with Gasteiger partial charge in [0.05, 0.1) is 0 Å². The lowest BCUT2D eigenvalue weighted by Crippen LogP contribution is -2.32. The third kappa shape index (κ3) is 3.01. The molecule has 98 valence electrons. The van der Waals surface area contributed by atoms with Crippen LogP contribution in [0.5, 0.6) is 5.75 Å². The van der Waals surface area contributed by atoms with Gasteiger partial charge < -0.3 is 16.2 Å². The van der Waals surface area contributed by atoms with Crippen molar-refractivity contribution < 1.29 is 9.90 Å². The van der Waals surface area contributed by atoms with Crippen molar-refractivity contribution in [3.8, 4) is 5.75 Å². The number of nitrogens with one attached hydrogen (secondary N) is 1. The van der Waals surface area contributed by atoms with Gasteiger partial charge in [0.2, 0.25) is 0 Å². The van der Waals surface area contributed by atoms with Crippen LogP contribution in [0.25, 0.3) is 0 Å². The largest absolute Gasteiger partial charge is 0.508 e. The van der Waals surface area contributed by atoms with Gasteiger partial charge in [0.15, 0.2) is 0 Å². The van der Waals surface area contributed by atoms with Crippen LogP contribution in [-0.2, 0) is 0 Å². The van der Waals surface area contributed by atoms with Gasteiger partial charge in [0.1, 0.15) is 5.75 Å². The molecule has 1 fully saturated rings. The van der Waals surface area contributed by atoms with Gasteiger partial charge in [0, 0.05) is 12.1 Å². The maximum Gasteiger partial charge on any atom is 0.251 e. The highest BCUT2D eigenvalue weighted by molar-refractivity contribution is 5.94. The molecule has 0 spiro atoms. The smallest absolute Gasteiger partial charge is 0.251 e. The molecule has 1 aromatic carbocycles. The fourth-order valence-corrected chi connectivity index (χ4v) is 2.67. The second-order valence-corrected chi connectivity index (χ2v) is 4.95. The van der Waals surface area contributed by atoms with E-state index in [0.717, 1.165) is 6.42 Å². The molecule has 2 unspecified atom stereocenters. The molecule has 0 aromatic heterocycles. The Kier molecular flexibility index (Phi) is 4.20. The van der Waals surface area contributed by atoms with E-state index in [9.17, 15) is 9.90 Å². The fourth-order valence-electron chi connectivity index (χ4n) is 2.67. The van der Waals surface area contributed by atoms with Crippen molar-refractivity contribution in [1.82, 2.24) is 5.32 Å². The average molecular weight is 248 g/mol. The molecule has 2 atom stereocenters. The van der Waals surface area contributed by atoms with E-state index >= 15 is 0 Å². The summed E-state index contributed by atoms with van der Waals surface area (Å²) < 4.78 is 0. The molecule has 4 heteroatoms. The van der Waals surface area contributed by atoms with Crippen LogP contribution >= 0.6 is 0 Å². The van der Waals surface area contributed by atoms with Crippen LogP contribution in [0.2, 0.25) is 0 Å². The number of aromatic hydroxyl groups is 1. The van der Waals surface area contributed by atoms with Crippen LogP contribution < -0.4 is 11.1 Å². The SMILES string of the molecule is NCC1CCCC1CNC(=O)c1cccc(O)c1. The molecular formula is C14H20N2O2. The summed E-state index contributed by atoms with van der Waals surface area (Å²) in [6, 6.07) is 6.40. The van der Waals surface area contributed by atoms with E-state index in [1.807, 2.05) is 0 Å². The van der Waals surface area contributed by atoms with E-state index in [0.29, 0.717) is 30.5 Å². The fraction of sp³-hybridized carbons (Fsp3) is 0.500. The molecule has 4 N–H and O–H groups in total. The van der Waals surface area contributed by atoms with Crippen molar-refractivity contribution >= 4 is 5.91 Å². The predicted molar refractivity (Wildman–Crippen MR) is 70.3 cm³/mol. The van der Waals surface area contributed by atoms with Crippen LogP contribution in [0, 0.1) is 11.8 Å². The zero-order valence-corrected chi connectivity index (χ0v) is 10.4. The Labute approximate surface area is 107 Å². The molecule has 1 amide bonds. The Balaban J connectivity index is 1.88. The Morgan fingerprint density at radius 2 is 2.17 bits per heavy atom. The van der Waals surface area contributed by atoms with Gasteiger partial charge in [-0.2, -0.15) is 0 Å². The van der Waals surface area contributed by atoms with Gasteiger partial charge in [-0.3, -0.25) is 4.79 Å². The summed E-state index contributed by atoms with van der Waals surface area (Å²) in [7, 11) is 0. The lowest BCUT2D eigenvalue weighted by molar-refractivity contribution is 0.0943. The maximum atomic E-state index is 11.9. The van der Waals surface area contributed by atoms with Crippen LogP contribution in [0.1, 0.15) is 29.6 Å². The minimum atomic E-state index is -0.131. The van der Waals surface area contributed by atoms with E-state index in [-0.39, 0.29) is 11.7 Å². The summed E-state index contributed by atoms with van der Waals surface area (Å²) in [6.07, 6.45) is 3.51. The zero-order valence-electron chi connectivity index (χ0n) is 10.4. The van der Waals surface area contributed by atoms with Crippen LogP contribution in [0.3, 0.4) is 0 Å². The zero-order chi connectivity index (χ0) is 13.0. The predicted octanol–water partition coefficient (Wildman–Crippen LogP) is 1.50. The van der Waals surface area contributed by atoms with Crippen molar-refractivity contribution in [3.63, 3.8) is 0 Å². The van der Waals surface area contributed by atoms with Gasteiger partial charge in [0.25, 0.3) is 5.91 Å². The first-order valence-corrected chi connectivity index (χ1v) is 6.48. The van der Waals surface area contributed by atoms with Crippen LogP contribution in [0.4, 0.5) is 0 Å². The molecule has 1 aromatic rings. The number of nitrogens with two attached hydrogens (primary N) is 1. The highest BCUT2D eigenvalue weighted by Gasteiger charge is 2.26. The molecule has 0 aliphatic heterocycles. The molecule has 2 rings (SSSR count). The van der Waals surface area contributed by atoms with Crippen LogP contribution in [-0.4, -0.2) is 24.1 Å². The number of rotatable bonds is 4. The Hall–Kier alpha value is -1.55. The highest BCUT2D eigenvalue weighted by atomic mass is 16.3. The maximum absolute atomic E-state index is 11.9. The standard InChI is InChI=1S/C14H20N2O2/c15-8-11-4-1-5-12(11)9-16-14(18)10-3-2-6-13(17)7-10/h2-3,6-7,11-12,17H,1,4-5,8-9,15H2,(H,16,18). The average Bonchev–Trinajstić information content (AvgIpc) is 2.83. The number of carbonyl (C=O) groups is 1. The van der Waals surface area contributed by atoms with E-state index in [4.69, 9.17) is 5.73 Å². The number of amides is 1. The number of benzene rings is 1. The molecule has 1 saturated carbocycles. The number of carbonyl (C=O) groups excluding carboxylic acids is 1. The molecule has 0 saturated heterocycles. The second kappa shape index (κ2) is 5.87.